The summed E-state index contributed by atoms with van der Waals surface area (Å²) < 4.78 is 0. The van der Waals surface area contributed by atoms with Crippen LogP contribution in [-0.2, 0) is 21.7 Å². The Bertz CT molecular complexity index is 3390. The summed E-state index contributed by atoms with van der Waals surface area (Å²) in [6.07, 6.45) is 32.4. The van der Waals surface area contributed by atoms with E-state index >= 15 is 0 Å². The highest BCUT2D eigenvalue weighted by Gasteiger charge is 2.45. The number of anilines is 6. The molecular formula is C84H110N4O4. The van der Waals surface area contributed by atoms with E-state index in [2.05, 4.69) is 188 Å². The average Bonchev–Trinajstić information content (AvgIpc) is 1.54. The molecular weight excluding hydrogens is 1130 g/mol. The molecule has 8 nitrogen and oxygen atoms in total. The molecule has 0 atom stereocenters. The third-order valence-electron chi connectivity index (χ3n) is 20.5. The molecule has 0 spiro atoms. The molecule has 2 aliphatic carbocycles. The summed E-state index contributed by atoms with van der Waals surface area (Å²) >= 11 is 0. The summed E-state index contributed by atoms with van der Waals surface area (Å²) in [5.74, 6) is -0.245. The van der Waals surface area contributed by atoms with Crippen molar-refractivity contribution in [3.63, 3.8) is 0 Å². The van der Waals surface area contributed by atoms with E-state index in [4.69, 9.17) is 0 Å². The number of hydrogen-bond donors (Lipinski definition) is 4. The second kappa shape index (κ2) is 31.7. The molecule has 2 aliphatic rings. The Morgan fingerprint density at radius 2 is 0.576 bits per heavy atom. The Labute approximate surface area is 553 Å². The molecule has 0 saturated heterocycles. The Hall–Kier alpha value is -7.06. The summed E-state index contributed by atoms with van der Waals surface area (Å²) in [5, 5.41) is 13.7. The van der Waals surface area contributed by atoms with Gasteiger partial charge in [0.2, 0.25) is 0 Å². The molecule has 0 unspecified atom stereocenters. The maximum Gasteiger partial charge on any atom is 0.255 e. The lowest BCUT2D eigenvalue weighted by atomic mass is 9.70. The van der Waals surface area contributed by atoms with Crippen molar-refractivity contribution < 1.29 is 9.59 Å². The van der Waals surface area contributed by atoms with Gasteiger partial charge in [0.25, 0.3) is 22.7 Å². The van der Waals surface area contributed by atoms with Crippen LogP contribution >= 0.6 is 0 Å². The molecule has 7 aromatic rings. The second-order valence-corrected chi connectivity index (χ2v) is 29.5. The van der Waals surface area contributed by atoms with E-state index in [0.29, 0.717) is 11.1 Å². The van der Waals surface area contributed by atoms with Gasteiger partial charge in [-0.1, -0.05) is 272 Å². The van der Waals surface area contributed by atoms with E-state index in [-0.39, 0.29) is 44.8 Å². The van der Waals surface area contributed by atoms with Crippen LogP contribution in [0.4, 0.5) is 34.1 Å². The SMILES string of the molecule is CCCCCCCCC1(CCCCCCCC)c2cc(NC(=O)c3ccc(C(C)(C)C)cc3)ccc2-c2ccc(Nc3c(Nc4ccc5c(c4)C(CCCCCCCC)(CCCCCCCC)c4cc(NC(=O)c6ccc(C(C)(C)C)cc6)ccc4-5)c(=O)c3=O)cc21. The quantitative estimate of drug-likeness (QED) is 0.0230. The van der Waals surface area contributed by atoms with E-state index in [0.717, 1.165) is 99.8 Å². The van der Waals surface area contributed by atoms with Gasteiger partial charge < -0.3 is 21.3 Å². The fourth-order valence-corrected chi connectivity index (χ4v) is 15.0. The number of rotatable bonds is 36. The molecule has 0 aliphatic heterocycles. The Kier molecular flexibility index (Phi) is 23.9. The number of benzene rings is 6. The van der Waals surface area contributed by atoms with Crippen molar-refractivity contribution in [3.05, 3.63) is 186 Å². The molecule has 92 heavy (non-hydrogen) atoms. The topological polar surface area (TPSA) is 116 Å². The van der Waals surface area contributed by atoms with Crippen LogP contribution in [0, 0.1) is 0 Å². The number of hydrogen-bond acceptors (Lipinski definition) is 6. The molecule has 490 valence electrons. The Morgan fingerprint density at radius 1 is 0.326 bits per heavy atom. The summed E-state index contributed by atoms with van der Waals surface area (Å²) in [6.45, 7) is 22.2. The second-order valence-electron chi connectivity index (χ2n) is 29.5. The lowest BCUT2D eigenvalue weighted by molar-refractivity contribution is 0.101. The van der Waals surface area contributed by atoms with Gasteiger partial charge in [-0.05, 0) is 165 Å². The lowest BCUT2D eigenvalue weighted by Crippen LogP contribution is -2.36. The smallest absolute Gasteiger partial charge is 0.255 e. The van der Waals surface area contributed by atoms with Gasteiger partial charge in [-0.25, -0.2) is 0 Å². The molecule has 0 heterocycles. The maximum atomic E-state index is 14.0. The molecule has 9 rings (SSSR count). The van der Waals surface area contributed by atoms with Crippen molar-refractivity contribution >= 4 is 45.9 Å². The summed E-state index contributed by atoms with van der Waals surface area (Å²) in [6, 6.07) is 42.1. The fraction of sp³-hybridized carbons (Fsp3) is 0.500. The zero-order valence-corrected chi connectivity index (χ0v) is 58.0. The highest BCUT2D eigenvalue weighted by Crippen LogP contribution is 2.57. The molecule has 0 fully saturated rings. The van der Waals surface area contributed by atoms with Crippen molar-refractivity contribution in [2.24, 2.45) is 0 Å². The van der Waals surface area contributed by atoms with Crippen LogP contribution in [-0.4, -0.2) is 11.8 Å². The first-order valence-corrected chi connectivity index (χ1v) is 36.2. The van der Waals surface area contributed by atoms with Gasteiger partial charge in [0.15, 0.2) is 0 Å². The Morgan fingerprint density at radius 3 is 0.848 bits per heavy atom. The van der Waals surface area contributed by atoms with Crippen molar-refractivity contribution in [1.82, 2.24) is 0 Å². The highest BCUT2D eigenvalue weighted by molar-refractivity contribution is 6.05. The van der Waals surface area contributed by atoms with Crippen molar-refractivity contribution in [2.45, 2.75) is 271 Å². The van der Waals surface area contributed by atoms with Gasteiger partial charge in [0.1, 0.15) is 11.4 Å². The third kappa shape index (κ3) is 16.3. The monoisotopic (exact) mass is 1240 g/mol. The number of carbonyl (C=O) groups is 2. The van der Waals surface area contributed by atoms with Gasteiger partial charge in [0, 0.05) is 44.7 Å². The fourth-order valence-electron chi connectivity index (χ4n) is 15.0. The number of fused-ring (bicyclic) bond motifs is 6. The molecule has 0 bridgehead atoms. The molecule has 2 amide bonds. The van der Waals surface area contributed by atoms with Gasteiger partial charge in [-0.3, -0.25) is 19.2 Å². The van der Waals surface area contributed by atoms with Crippen LogP contribution in [0.1, 0.15) is 303 Å². The molecule has 0 saturated carbocycles. The first kappa shape index (κ1) is 69.3. The number of amides is 2. The highest BCUT2D eigenvalue weighted by atomic mass is 16.2. The minimum Gasteiger partial charge on any atom is -0.350 e. The van der Waals surface area contributed by atoms with Crippen LogP contribution in [0.2, 0.25) is 0 Å². The van der Waals surface area contributed by atoms with Crippen molar-refractivity contribution in [1.29, 1.82) is 0 Å². The van der Waals surface area contributed by atoms with E-state index in [9.17, 15) is 19.2 Å². The number of unbranched alkanes of at least 4 members (excludes halogenated alkanes) is 20. The minimum atomic E-state index is -0.524. The predicted octanol–water partition coefficient (Wildman–Crippen LogP) is 23.4. The summed E-state index contributed by atoms with van der Waals surface area (Å²) in [5.41, 5.74) is 15.4. The van der Waals surface area contributed by atoms with Crippen LogP contribution in [0.3, 0.4) is 0 Å². The number of carbonyl (C=O) groups excluding carboxylic acids is 2. The van der Waals surface area contributed by atoms with E-state index < -0.39 is 10.9 Å². The third-order valence-corrected chi connectivity index (χ3v) is 20.5. The molecule has 0 aromatic heterocycles. The zero-order valence-electron chi connectivity index (χ0n) is 58.0. The molecule has 7 aromatic carbocycles. The first-order valence-electron chi connectivity index (χ1n) is 36.2. The van der Waals surface area contributed by atoms with Gasteiger partial charge in [-0.15, -0.1) is 0 Å². The molecule has 4 N–H and O–H groups in total. The number of nitrogens with one attached hydrogen (secondary N) is 4. The van der Waals surface area contributed by atoms with E-state index in [1.54, 1.807) is 0 Å². The normalized spacial score (nSPS) is 13.6. The standard InChI is InChI=1S/C84H110N4O4/c1-11-15-19-23-27-31-51-83(52-32-28-24-20-16-12-2)71-55-63(43-47-67(71)69-49-45-65(57-73(69)83)87-79(91)59-35-39-61(40-36-59)81(5,6)7)85-75-76(78(90)77(75)89)86-64-44-48-68-70-50-46-66(88-80(92)60-37-41-62(42-38-60)82(8,9)10)58-74(70)84(72(68)56-64,53-33-29-25-21-17-13-3)54-34-30-26-22-18-14-4/h35-50,55-58,85-86H,11-34,51-54H2,1-10H3,(H,87,91)(H,88,92). The van der Waals surface area contributed by atoms with Crippen LogP contribution in [0.25, 0.3) is 22.3 Å². The van der Waals surface area contributed by atoms with Crippen LogP contribution in [0.5, 0.6) is 0 Å². The van der Waals surface area contributed by atoms with E-state index in [1.165, 1.54) is 158 Å². The lowest BCUT2D eigenvalue weighted by Gasteiger charge is -2.33. The van der Waals surface area contributed by atoms with Gasteiger partial charge >= 0.3 is 0 Å². The van der Waals surface area contributed by atoms with Crippen LogP contribution < -0.4 is 32.1 Å². The van der Waals surface area contributed by atoms with E-state index in [1.807, 2.05) is 24.3 Å². The average molecular weight is 1240 g/mol. The zero-order chi connectivity index (χ0) is 65.5. The van der Waals surface area contributed by atoms with Gasteiger partial charge in [-0.2, -0.15) is 0 Å². The predicted molar refractivity (Wildman–Crippen MR) is 391 cm³/mol. The largest absolute Gasteiger partial charge is 0.350 e. The van der Waals surface area contributed by atoms with Crippen LogP contribution in [0.15, 0.2) is 131 Å². The summed E-state index contributed by atoms with van der Waals surface area (Å²) in [7, 11) is 0. The van der Waals surface area contributed by atoms with Crippen molar-refractivity contribution in [2.75, 3.05) is 21.3 Å². The maximum absolute atomic E-state index is 14.0. The first-order chi connectivity index (χ1) is 44.3. The molecule has 8 heteroatoms. The minimum absolute atomic E-state index is 0.0160. The van der Waals surface area contributed by atoms with Gasteiger partial charge in [0.05, 0.1) is 0 Å². The molecule has 0 radical (unpaired) electrons. The van der Waals surface area contributed by atoms with Crippen molar-refractivity contribution in [3.8, 4) is 22.3 Å². The summed E-state index contributed by atoms with van der Waals surface area (Å²) in [4.78, 5) is 56.1. The Balaban J connectivity index is 1.04.